The van der Waals surface area contributed by atoms with E-state index in [1.807, 2.05) is 18.2 Å². The summed E-state index contributed by atoms with van der Waals surface area (Å²) >= 11 is 0. The number of carbonyl (C=O) groups excluding carboxylic acids is 1. The molecule has 180 valence electrons. The molecular weight excluding hydrogens is 432 g/mol. The first-order valence-electron chi connectivity index (χ1n) is 12.6. The Labute approximate surface area is 208 Å². The van der Waals surface area contributed by atoms with Crippen molar-refractivity contribution >= 4 is 11.6 Å². The van der Waals surface area contributed by atoms with Crippen molar-refractivity contribution in [2.45, 2.75) is 32.9 Å². The first-order valence-corrected chi connectivity index (χ1v) is 12.6. The van der Waals surface area contributed by atoms with E-state index in [1.54, 1.807) is 5.01 Å². The molecule has 0 bridgehead atoms. The van der Waals surface area contributed by atoms with Gasteiger partial charge in [-0.15, -0.1) is 0 Å². The van der Waals surface area contributed by atoms with E-state index in [0.29, 0.717) is 6.54 Å². The summed E-state index contributed by atoms with van der Waals surface area (Å²) in [5.41, 5.74) is 7.06. The molecule has 35 heavy (non-hydrogen) atoms. The van der Waals surface area contributed by atoms with Gasteiger partial charge < -0.3 is 0 Å². The fourth-order valence-corrected chi connectivity index (χ4v) is 5.19. The Hall–Kier alpha value is -3.28. The summed E-state index contributed by atoms with van der Waals surface area (Å²) in [5.74, 6) is 0.0788. The number of hydrazone groups is 1. The molecule has 3 aromatic carbocycles. The zero-order valence-electron chi connectivity index (χ0n) is 20.7. The molecule has 0 spiro atoms. The maximum Gasteiger partial charge on any atom is 0.257 e. The molecule has 1 fully saturated rings. The molecule has 1 amide bonds. The van der Waals surface area contributed by atoms with Crippen molar-refractivity contribution in [1.29, 1.82) is 0 Å². The maximum absolute atomic E-state index is 13.5. The molecule has 0 aliphatic carbocycles. The van der Waals surface area contributed by atoms with E-state index in [1.165, 1.54) is 16.7 Å². The minimum Gasteiger partial charge on any atom is -0.297 e. The van der Waals surface area contributed by atoms with Gasteiger partial charge in [0.2, 0.25) is 0 Å². The molecule has 1 atom stereocenters. The Morgan fingerprint density at radius 1 is 0.857 bits per heavy atom. The topological polar surface area (TPSA) is 39.2 Å². The van der Waals surface area contributed by atoms with Crippen LogP contribution in [0.2, 0.25) is 0 Å². The largest absolute Gasteiger partial charge is 0.297 e. The van der Waals surface area contributed by atoms with Crippen molar-refractivity contribution in [2.75, 3.05) is 32.7 Å². The third kappa shape index (κ3) is 5.53. The molecule has 1 saturated heterocycles. The highest BCUT2D eigenvalue weighted by atomic mass is 16.2. The highest BCUT2D eigenvalue weighted by Crippen LogP contribution is 2.33. The SMILES string of the molecule is Cc1ccc(C2=NN(C(=O)CN3CCN(Cc4ccccc4)CC3)C(c3ccccc3)C2)c(C)c1. The number of piperazine rings is 1. The van der Waals surface area contributed by atoms with Gasteiger partial charge >= 0.3 is 0 Å². The molecule has 0 radical (unpaired) electrons. The number of amides is 1. The average molecular weight is 467 g/mol. The summed E-state index contributed by atoms with van der Waals surface area (Å²) in [6, 6.07) is 27.3. The predicted octanol–water partition coefficient (Wildman–Crippen LogP) is 4.80. The lowest BCUT2D eigenvalue weighted by atomic mass is 9.95. The van der Waals surface area contributed by atoms with Gasteiger partial charge in [-0.2, -0.15) is 5.10 Å². The summed E-state index contributed by atoms with van der Waals surface area (Å²) in [6.45, 7) is 9.35. The fourth-order valence-electron chi connectivity index (χ4n) is 5.19. The third-order valence-electron chi connectivity index (χ3n) is 7.12. The van der Waals surface area contributed by atoms with Gasteiger partial charge in [-0.3, -0.25) is 14.6 Å². The summed E-state index contributed by atoms with van der Waals surface area (Å²) in [7, 11) is 0. The molecular formula is C30H34N4O. The zero-order valence-corrected chi connectivity index (χ0v) is 20.7. The molecule has 0 saturated carbocycles. The molecule has 1 unspecified atom stereocenters. The Kier molecular flexibility index (Phi) is 7.07. The summed E-state index contributed by atoms with van der Waals surface area (Å²) < 4.78 is 0. The van der Waals surface area contributed by atoms with E-state index in [2.05, 4.69) is 84.3 Å². The standard InChI is InChI=1S/C30H34N4O/c1-23-13-14-27(24(2)19-23)28-20-29(26-11-7-4-8-12-26)34(31-28)30(35)22-33-17-15-32(16-18-33)21-25-9-5-3-6-10-25/h3-14,19,29H,15-18,20-22H2,1-2H3. The van der Waals surface area contributed by atoms with Crippen LogP contribution in [-0.2, 0) is 11.3 Å². The number of nitrogens with zero attached hydrogens (tertiary/aromatic N) is 4. The Bertz CT molecular complexity index is 1180. The lowest BCUT2D eigenvalue weighted by molar-refractivity contribution is -0.134. The minimum atomic E-state index is -0.0567. The number of carbonyl (C=O) groups is 1. The Balaban J connectivity index is 1.27. The van der Waals surface area contributed by atoms with Crippen LogP contribution in [0.1, 0.15) is 40.3 Å². The lowest BCUT2D eigenvalue weighted by Gasteiger charge is -2.35. The van der Waals surface area contributed by atoms with Gasteiger partial charge in [0.1, 0.15) is 0 Å². The highest BCUT2D eigenvalue weighted by Gasteiger charge is 2.34. The van der Waals surface area contributed by atoms with Gasteiger partial charge in [-0.1, -0.05) is 84.4 Å². The summed E-state index contributed by atoms with van der Waals surface area (Å²) in [5, 5.41) is 6.66. The van der Waals surface area contributed by atoms with E-state index in [4.69, 9.17) is 5.10 Å². The summed E-state index contributed by atoms with van der Waals surface area (Å²) in [4.78, 5) is 18.3. The molecule has 2 heterocycles. The van der Waals surface area contributed by atoms with Crippen LogP contribution in [0.3, 0.4) is 0 Å². The molecule has 0 aromatic heterocycles. The average Bonchev–Trinajstić information content (AvgIpc) is 3.32. The van der Waals surface area contributed by atoms with Crippen molar-refractivity contribution in [3.05, 3.63) is 107 Å². The van der Waals surface area contributed by atoms with E-state index in [-0.39, 0.29) is 11.9 Å². The quantitative estimate of drug-likeness (QED) is 0.524. The monoisotopic (exact) mass is 466 g/mol. The normalized spacial score (nSPS) is 19.1. The number of benzene rings is 3. The molecule has 5 rings (SSSR count). The first kappa shape index (κ1) is 23.5. The zero-order chi connectivity index (χ0) is 24.2. The van der Waals surface area contributed by atoms with E-state index in [0.717, 1.165) is 56.0 Å². The first-order chi connectivity index (χ1) is 17.1. The van der Waals surface area contributed by atoms with Crippen molar-refractivity contribution in [3.63, 3.8) is 0 Å². The predicted molar refractivity (Wildman–Crippen MR) is 141 cm³/mol. The smallest absolute Gasteiger partial charge is 0.257 e. The van der Waals surface area contributed by atoms with Crippen LogP contribution in [0.5, 0.6) is 0 Å². The van der Waals surface area contributed by atoms with Crippen molar-refractivity contribution in [1.82, 2.24) is 14.8 Å². The summed E-state index contributed by atoms with van der Waals surface area (Å²) in [6.07, 6.45) is 0.741. The minimum absolute atomic E-state index is 0.0567. The second kappa shape index (κ2) is 10.5. The van der Waals surface area contributed by atoms with Gasteiger partial charge in [0.25, 0.3) is 5.91 Å². The van der Waals surface area contributed by atoms with Gasteiger partial charge in [-0.25, -0.2) is 5.01 Å². The maximum atomic E-state index is 13.5. The van der Waals surface area contributed by atoms with Crippen LogP contribution < -0.4 is 0 Å². The molecule has 2 aliphatic heterocycles. The fraction of sp³-hybridized carbons (Fsp3) is 0.333. The van der Waals surface area contributed by atoms with Crippen LogP contribution in [0.15, 0.2) is 84.0 Å². The highest BCUT2D eigenvalue weighted by molar-refractivity contribution is 6.04. The van der Waals surface area contributed by atoms with Crippen LogP contribution in [-0.4, -0.2) is 59.2 Å². The van der Waals surface area contributed by atoms with Crippen LogP contribution >= 0.6 is 0 Å². The Morgan fingerprint density at radius 2 is 1.51 bits per heavy atom. The number of aryl methyl sites for hydroxylation is 2. The second-order valence-corrected chi connectivity index (χ2v) is 9.77. The van der Waals surface area contributed by atoms with Crippen LogP contribution in [0, 0.1) is 13.8 Å². The van der Waals surface area contributed by atoms with Gasteiger partial charge in [0.05, 0.1) is 18.3 Å². The number of hydrogen-bond acceptors (Lipinski definition) is 4. The second-order valence-electron chi connectivity index (χ2n) is 9.77. The van der Waals surface area contributed by atoms with E-state index in [9.17, 15) is 4.79 Å². The Morgan fingerprint density at radius 3 is 2.20 bits per heavy atom. The van der Waals surface area contributed by atoms with Crippen molar-refractivity contribution in [2.24, 2.45) is 5.10 Å². The van der Waals surface area contributed by atoms with Crippen molar-refractivity contribution < 1.29 is 4.79 Å². The van der Waals surface area contributed by atoms with E-state index < -0.39 is 0 Å². The van der Waals surface area contributed by atoms with Gasteiger partial charge in [-0.05, 0) is 30.5 Å². The third-order valence-corrected chi connectivity index (χ3v) is 7.12. The number of rotatable bonds is 6. The van der Waals surface area contributed by atoms with Gasteiger partial charge in [0, 0.05) is 44.7 Å². The molecule has 5 nitrogen and oxygen atoms in total. The van der Waals surface area contributed by atoms with E-state index >= 15 is 0 Å². The molecule has 5 heteroatoms. The molecule has 3 aromatic rings. The van der Waals surface area contributed by atoms with Crippen LogP contribution in [0.4, 0.5) is 0 Å². The molecule has 0 N–H and O–H groups in total. The number of hydrogen-bond donors (Lipinski definition) is 0. The van der Waals surface area contributed by atoms with Crippen LogP contribution in [0.25, 0.3) is 0 Å². The van der Waals surface area contributed by atoms with Crippen molar-refractivity contribution in [3.8, 4) is 0 Å². The van der Waals surface area contributed by atoms with Gasteiger partial charge in [0.15, 0.2) is 0 Å². The lowest BCUT2D eigenvalue weighted by Crippen LogP contribution is -2.49. The molecule has 2 aliphatic rings.